The van der Waals surface area contributed by atoms with Crippen LogP contribution in [0.5, 0.6) is 0 Å². The average Bonchev–Trinajstić information content (AvgIpc) is 3.28. The lowest BCUT2D eigenvalue weighted by Crippen LogP contribution is -2.67. The quantitative estimate of drug-likeness (QED) is 0.477. The first-order valence-electron chi connectivity index (χ1n) is 13.6. The molecule has 0 aromatic carbocycles. The van der Waals surface area contributed by atoms with Crippen molar-refractivity contribution in [2.75, 3.05) is 52.4 Å². The Kier molecular flexibility index (Phi) is 9.39. The Morgan fingerprint density at radius 2 is 1.70 bits per heavy atom. The van der Waals surface area contributed by atoms with Crippen molar-refractivity contribution in [2.24, 2.45) is 17.3 Å². The molecule has 33 heavy (non-hydrogen) atoms. The fraction of sp³-hybridized carbons (Fsp3) is 0.926. The first-order valence-corrected chi connectivity index (χ1v) is 13.6. The van der Waals surface area contributed by atoms with Crippen LogP contribution in [-0.2, 0) is 9.59 Å². The second-order valence-corrected chi connectivity index (χ2v) is 12.3. The van der Waals surface area contributed by atoms with Crippen molar-refractivity contribution < 1.29 is 9.59 Å². The Labute approximate surface area is 202 Å². The second-order valence-electron chi connectivity index (χ2n) is 12.3. The molecule has 1 N–H and O–H groups in total. The van der Waals surface area contributed by atoms with E-state index in [-0.39, 0.29) is 11.9 Å². The summed E-state index contributed by atoms with van der Waals surface area (Å²) in [6, 6.07) is -0.166. The van der Waals surface area contributed by atoms with Crippen LogP contribution in [0.3, 0.4) is 0 Å². The Balaban J connectivity index is 1.65. The number of aldehydes is 1. The van der Waals surface area contributed by atoms with Crippen LogP contribution in [0, 0.1) is 17.3 Å². The van der Waals surface area contributed by atoms with Crippen LogP contribution in [0.2, 0.25) is 0 Å². The van der Waals surface area contributed by atoms with Gasteiger partial charge in [0, 0.05) is 19.6 Å². The maximum Gasteiger partial charge on any atom is 0.240 e. The molecule has 190 valence electrons. The number of nitrogens with zero attached hydrogens (tertiary/aromatic N) is 3. The molecule has 6 heteroatoms. The summed E-state index contributed by atoms with van der Waals surface area (Å²) in [5.41, 5.74) is -0.319. The summed E-state index contributed by atoms with van der Waals surface area (Å²) >= 11 is 0. The molecule has 0 aromatic heterocycles. The number of carbonyl (C=O) groups is 2. The number of hydrogen-bond acceptors (Lipinski definition) is 5. The maximum atomic E-state index is 13.5. The molecule has 2 atom stereocenters. The highest BCUT2D eigenvalue weighted by molar-refractivity contribution is 5.87. The standard InChI is InChI=1S/C27H50N4O2/c1-22(2)18-24-25(33)31(17-11-28-24)27(21-32,19-23(3)4)20-30-15-9-26(5,10-16-30)8-14-29-12-6-7-13-29/h21-24,28H,6-20H2,1-5H3/t24-,27+/m0/s1. The highest BCUT2D eigenvalue weighted by Crippen LogP contribution is 2.36. The summed E-state index contributed by atoms with van der Waals surface area (Å²) in [7, 11) is 0. The van der Waals surface area contributed by atoms with Gasteiger partial charge in [-0.25, -0.2) is 0 Å². The highest BCUT2D eigenvalue weighted by Gasteiger charge is 2.45. The number of rotatable bonds is 11. The van der Waals surface area contributed by atoms with Crippen molar-refractivity contribution in [1.29, 1.82) is 0 Å². The Morgan fingerprint density at radius 1 is 1.03 bits per heavy atom. The van der Waals surface area contributed by atoms with Gasteiger partial charge in [0.2, 0.25) is 5.91 Å². The van der Waals surface area contributed by atoms with E-state index in [0.717, 1.165) is 38.8 Å². The summed E-state index contributed by atoms with van der Waals surface area (Å²) in [5.74, 6) is 0.926. The molecule has 3 saturated heterocycles. The monoisotopic (exact) mass is 462 g/mol. The summed E-state index contributed by atoms with van der Waals surface area (Å²) < 4.78 is 0. The van der Waals surface area contributed by atoms with Crippen molar-refractivity contribution in [3.63, 3.8) is 0 Å². The number of nitrogens with one attached hydrogen (secondary N) is 1. The van der Waals surface area contributed by atoms with Crippen molar-refractivity contribution in [2.45, 2.75) is 91.1 Å². The number of likely N-dealkylation sites (tertiary alicyclic amines) is 2. The average molecular weight is 463 g/mol. The number of piperazine rings is 1. The third kappa shape index (κ3) is 7.02. The Morgan fingerprint density at radius 3 is 2.27 bits per heavy atom. The van der Waals surface area contributed by atoms with Crippen molar-refractivity contribution in [3.8, 4) is 0 Å². The van der Waals surface area contributed by atoms with Gasteiger partial charge in [0.1, 0.15) is 11.8 Å². The zero-order valence-electron chi connectivity index (χ0n) is 22.1. The van der Waals surface area contributed by atoms with Gasteiger partial charge < -0.3 is 24.8 Å². The number of piperidine rings is 1. The van der Waals surface area contributed by atoms with Crippen LogP contribution < -0.4 is 5.32 Å². The molecule has 3 aliphatic rings. The zero-order chi connectivity index (χ0) is 24.1. The van der Waals surface area contributed by atoms with Crippen LogP contribution in [0.25, 0.3) is 0 Å². The molecule has 0 unspecified atom stereocenters. The van der Waals surface area contributed by atoms with Gasteiger partial charge in [-0.15, -0.1) is 0 Å². The first kappa shape index (κ1) is 26.6. The molecular weight excluding hydrogens is 412 g/mol. The van der Waals surface area contributed by atoms with E-state index in [0.29, 0.717) is 30.3 Å². The largest absolute Gasteiger partial charge is 0.326 e. The molecule has 3 fully saturated rings. The van der Waals surface area contributed by atoms with E-state index in [2.05, 4.69) is 49.7 Å². The summed E-state index contributed by atoms with van der Waals surface area (Å²) in [6.07, 6.45) is 9.03. The molecule has 0 saturated carbocycles. The van der Waals surface area contributed by atoms with Crippen molar-refractivity contribution in [1.82, 2.24) is 20.0 Å². The van der Waals surface area contributed by atoms with E-state index in [9.17, 15) is 9.59 Å². The van der Waals surface area contributed by atoms with Crippen LogP contribution in [0.1, 0.15) is 79.6 Å². The minimum atomic E-state index is -0.716. The minimum absolute atomic E-state index is 0.121. The zero-order valence-corrected chi connectivity index (χ0v) is 22.1. The van der Waals surface area contributed by atoms with Gasteiger partial charge >= 0.3 is 0 Å². The van der Waals surface area contributed by atoms with Crippen LogP contribution in [0.4, 0.5) is 0 Å². The molecular formula is C27H50N4O2. The molecule has 0 aromatic rings. The van der Waals surface area contributed by atoms with E-state index >= 15 is 0 Å². The predicted octanol–water partition coefficient (Wildman–Crippen LogP) is 3.40. The molecule has 0 radical (unpaired) electrons. The van der Waals surface area contributed by atoms with E-state index in [1.54, 1.807) is 0 Å². The Hall–Kier alpha value is -0.980. The third-order valence-electron chi connectivity index (χ3n) is 8.31. The number of amides is 1. The maximum absolute atomic E-state index is 13.5. The fourth-order valence-corrected chi connectivity index (χ4v) is 6.27. The highest BCUT2D eigenvalue weighted by atomic mass is 16.2. The topological polar surface area (TPSA) is 55.9 Å². The Bertz CT molecular complexity index is 638. The normalized spacial score (nSPS) is 26.8. The van der Waals surface area contributed by atoms with E-state index in [1.165, 1.54) is 51.7 Å². The molecule has 3 heterocycles. The van der Waals surface area contributed by atoms with E-state index in [1.807, 2.05) is 4.90 Å². The lowest BCUT2D eigenvalue weighted by atomic mass is 9.76. The SMILES string of the molecule is CC(C)C[C@@H]1NCCN([C@](C=O)(CC(C)C)CN2CCC(C)(CCN3CCCC3)CC2)C1=O. The molecule has 0 bridgehead atoms. The third-order valence-corrected chi connectivity index (χ3v) is 8.31. The van der Waals surface area contributed by atoms with Gasteiger partial charge in [0.15, 0.2) is 0 Å². The minimum Gasteiger partial charge on any atom is -0.326 e. The first-order chi connectivity index (χ1) is 15.7. The molecule has 3 rings (SSSR count). The summed E-state index contributed by atoms with van der Waals surface area (Å²) in [4.78, 5) is 33.3. The van der Waals surface area contributed by atoms with E-state index < -0.39 is 5.54 Å². The van der Waals surface area contributed by atoms with Crippen LogP contribution in [-0.4, -0.2) is 90.8 Å². The second kappa shape index (κ2) is 11.6. The molecule has 6 nitrogen and oxygen atoms in total. The van der Waals surface area contributed by atoms with Gasteiger partial charge in [-0.05, 0) is 94.9 Å². The number of carbonyl (C=O) groups excluding carboxylic acids is 2. The van der Waals surface area contributed by atoms with Gasteiger partial charge in [-0.3, -0.25) is 4.79 Å². The van der Waals surface area contributed by atoms with Crippen molar-refractivity contribution >= 4 is 12.2 Å². The molecule has 3 aliphatic heterocycles. The van der Waals surface area contributed by atoms with Crippen LogP contribution >= 0.6 is 0 Å². The summed E-state index contributed by atoms with van der Waals surface area (Å²) in [5, 5.41) is 3.41. The van der Waals surface area contributed by atoms with Gasteiger partial charge in [0.25, 0.3) is 0 Å². The van der Waals surface area contributed by atoms with Gasteiger partial charge in [0.05, 0.1) is 6.04 Å². The van der Waals surface area contributed by atoms with Gasteiger partial charge in [-0.1, -0.05) is 34.6 Å². The fourth-order valence-electron chi connectivity index (χ4n) is 6.27. The van der Waals surface area contributed by atoms with Crippen molar-refractivity contribution in [3.05, 3.63) is 0 Å². The lowest BCUT2D eigenvalue weighted by Gasteiger charge is -2.49. The van der Waals surface area contributed by atoms with Crippen LogP contribution in [0.15, 0.2) is 0 Å². The molecule has 0 aliphatic carbocycles. The van der Waals surface area contributed by atoms with E-state index in [4.69, 9.17) is 0 Å². The lowest BCUT2D eigenvalue weighted by molar-refractivity contribution is -0.149. The molecule has 1 amide bonds. The summed E-state index contributed by atoms with van der Waals surface area (Å²) in [6.45, 7) is 19.0. The number of hydrogen-bond donors (Lipinski definition) is 1. The predicted molar refractivity (Wildman–Crippen MR) is 135 cm³/mol. The molecule has 0 spiro atoms. The smallest absolute Gasteiger partial charge is 0.240 e. The van der Waals surface area contributed by atoms with Gasteiger partial charge in [-0.2, -0.15) is 0 Å².